The number of carbonyl (C=O) groups is 1. The van der Waals surface area contributed by atoms with E-state index in [-0.39, 0.29) is 12.7 Å². The van der Waals surface area contributed by atoms with Gasteiger partial charge in [-0.15, -0.1) is 0 Å². The second-order valence-corrected chi connectivity index (χ2v) is 4.76. The number of hydrogen-bond donors (Lipinski definition) is 0. The first kappa shape index (κ1) is 15.4. The van der Waals surface area contributed by atoms with E-state index in [1.54, 1.807) is 25.2 Å². The Morgan fingerprint density at radius 3 is 2.76 bits per heavy atom. The van der Waals surface area contributed by atoms with E-state index in [9.17, 15) is 4.79 Å². The average molecular weight is 293 g/mol. The number of ether oxygens (including phenoxy) is 3. The highest BCUT2D eigenvalue weighted by atomic mass is 16.6. The first-order chi connectivity index (χ1) is 10.2. The van der Waals surface area contributed by atoms with Crippen LogP contribution in [0.1, 0.15) is 12.0 Å². The Labute approximate surface area is 125 Å². The summed E-state index contributed by atoms with van der Waals surface area (Å²) in [4.78, 5) is 13.7. The third-order valence-electron chi connectivity index (χ3n) is 3.34. The molecule has 0 atom stereocenters. The van der Waals surface area contributed by atoms with Gasteiger partial charge < -0.3 is 19.1 Å². The van der Waals surface area contributed by atoms with E-state index in [4.69, 9.17) is 14.2 Å². The summed E-state index contributed by atoms with van der Waals surface area (Å²) in [6.07, 6.45) is 0.604. The van der Waals surface area contributed by atoms with Gasteiger partial charge in [0.2, 0.25) is 0 Å². The monoisotopic (exact) mass is 293 g/mol. The molecular formula is C15H21N2O4. The molecule has 2 rings (SSSR count). The van der Waals surface area contributed by atoms with Crippen LogP contribution in [-0.4, -0.2) is 51.4 Å². The Hall–Kier alpha value is -1.95. The van der Waals surface area contributed by atoms with Crippen LogP contribution in [0.4, 0.5) is 4.79 Å². The summed E-state index contributed by atoms with van der Waals surface area (Å²) >= 11 is 0. The molecule has 1 radical (unpaired) electrons. The molecular weight excluding hydrogens is 272 g/mol. The van der Waals surface area contributed by atoms with Crippen molar-refractivity contribution < 1.29 is 19.0 Å². The molecule has 115 valence electrons. The van der Waals surface area contributed by atoms with E-state index in [1.165, 1.54) is 0 Å². The molecule has 0 aromatic heterocycles. The van der Waals surface area contributed by atoms with Gasteiger partial charge >= 0.3 is 6.09 Å². The van der Waals surface area contributed by atoms with Gasteiger partial charge in [0.25, 0.3) is 0 Å². The van der Waals surface area contributed by atoms with Crippen LogP contribution in [0.2, 0.25) is 0 Å². The molecule has 21 heavy (non-hydrogen) atoms. The molecule has 1 aromatic carbocycles. The van der Waals surface area contributed by atoms with Crippen molar-refractivity contribution in [3.63, 3.8) is 0 Å². The van der Waals surface area contributed by atoms with Crippen molar-refractivity contribution in [1.29, 1.82) is 0 Å². The van der Waals surface area contributed by atoms with Crippen molar-refractivity contribution >= 4 is 6.09 Å². The van der Waals surface area contributed by atoms with Crippen molar-refractivity contribution in [1.82, 2.24) is 10.2 Å². The minimum Gasteiger partial charge on any atom is -0.493 e. The zero-order chi connectivity index (χ0) is 15.1. The molecule has 0 aliphatic carbocycles. The van der Waals surface area contributed by atoms with Gasteiger partial charge in [-0.25, -0.2) is 10.1 Å². The largest absolute Gasteiger partial charge is 0.493 e. The summed E-state index contributed by atoms with van der Waals surface area (Å²) in [6.45, 7) is 3.05. The normalized spacial score (nSPS) is 15.2. The van der Waals surface area contributed by atoms with E-state index in [1.807, 2.05) is 12.1 Å². The number of hydrogen-bond acceptors (Lipinski definition) is 4. The molecule has 6 heteroatoms. The standard InChI is InChI=1S/C15H21N2O4/c1-19-13-5-4-12(10-14(13)20-2)11-21-15(18)17-8-3-6-16-7-9-17/h4-5,10H,3,6-9,11H2,1-2H3. The molecule has 0 bridgehead atoms. The van der Waals surface area contributed by atoms with E-state index in [0.29, 0.717) is 31.1 Å². The van der Waals surface area contributed by atoms with Crippen LogP contribution in [0.15, 0.2) is 18.2 Å². The number of nitrogens with zero attached hydrogens (tertiary/aromatic N) is 2. The Morgan fingerprint density at radius 2 is 2.00 bits per heavy atom. The minimum absolute atomic E-state index is 0.215. The van der Waals surface area contributed by atoms with Crippen LogP contribution < -0.4 is 14.8 Å². The lowest BCUT2D eigenvalue weighted by Gasteiger charge is -2.19. The number of methoxy groups -OCH3 is 2. The Morgan fingerprint density at radius 1 is 1.19 bits per heavy atom. The van der Waals surface area contributed by atoms with E-state index < -0.39 is 0 Å². The highest BCUT2D eigenvalue weighted by Crippen LogP contribution is 2.27. The maximum Gasteiger partial charge on any atom is 0.410 e. The highest BCUT2D eigenvalue weighted by molar-refractivity contribution is 5.67. The summed E-state index contributed by atoms with van der Waals surface area (Å²) in [5.41, 5.74) is 0.862. The molecule has 1 heterocycles. The smallest absolute Gasteiger partial charge is 0.410 e. The van der Waals surface area contributed by atoms with Gasteiger partial charge in [-0.05, 0) is 24.1 Å². The molecule has 0 unspecified atom stereocenters. The van der Waals surface area contributed by atoms with Gasteiger partial charge in [-0.1, -0.05) is 6.07 Å². The molecule has 1 aliphatic rings. The van der Waals surface area contributed by atoms with E-state index in [0.717, 1.165) is 18.5 Å². The molecule has 1 amide bonds. The van der Waals surface area contributed by atoms with Crippen molar-refractivity contribution in [2.24, 2.45) is 0 Å². The number of rotatable bonds is 4. The lowest BCUT2D eigenvalue weighted by molar-refractivity contribution is 0.0983. The van der Waals surface area contributed by atoms with Crippen LogP contribution >= 0.6 is 0 Å². The lowest BCUT2D eigenvalue weighted by atomic mass is 10.2. The molecule has 1 aromatic rings. The summed E-state index contributed by atoms with van der Waals surface area (Å²) in [5.74, 6) is 1.28. The molecule has 1 aliphatic heterocycles. The molecule has 0 saturated carbocycles. The van der Waals surface area contributed by atoms with Crippen molar-refractivity contribution in [3.05, 3.63) is 23.8 Å². The van der Waals surface area contributed by atoms with Gasteiger partial charge in [0.1, 0.15) is 6.61 Å². The summed E-state index contributed by atoms with van der Waals surface area (Å²) in [5, 5.41) is 4.28. The van der Waals surface area contributed by atoms with E-state index in [2.05, 4.69) is 5.32 Å². The van der Waals surface area contributed by atoms with E-state index >= 15 is 0 Å². The third-order valence-corrected chi connectivity index (χ3v) is 3.34. The fourth-order valence-electron chi connectivity index (χ4n) is 2.18. The average Bonchev–Trinajstić information content (AvgIpc) is 2.81. The number of benzene rings is 1. The predicted octanol–water partition coefficient (Wildman–Crippen LogP) is 1.65. The summed E-state index contributed by atoms with van der Waals surface area (Å²) < 4.78 is 15.7. The zero-order valence-corrected chi connectivity index (χ0v) is 12.5. The molecule has 0 spiro atoms. The van der Waals surface area contributed by atoms with Gasteiger partial charge in [-0.3, -0.25) is 0 Å². The molecule has 1 saturated heterocycles. The van der Waals surface area contributed by atoms with Crippen LogP contribution in [0.25, 0.3) is 0 Å². The van der Waals surface area contributed by atoms with Crippen molar-refractivity contribution in [3.8, 4) is 11.5 Å². The van der Waals surface area contributed by atoms with Gasteiger partial charge in [0, 0.05) is 26.2 Å². The van der Waals surface area contributed by atoms with Crippen molar-refractivity contribution in [2.45, 2.75) is 13.0 Å². The van der Waals surface area contributed by atoms with Crippen LogP contribution in [-0.2, 0) is 11.3 Å². The topological polar surface area (TPSA) is 62.1 Å². The third kappa shape index (κ3) is 4.26. The molecule has 6 nitrogen and oxygen atoms in total. The fourth-order valence-corrected chi connectivity index (χ4v) is 2.18. The Bertz CT molecular complexity index is 471. The van der Waals surface area contributed by atoms with Crippen LogP contribution in [0.5, 0.6) is 11.5 Å². The lowest BCUT2D eigenvalue weighted by Crippen LogP contribution is -2.34. The molecule has 1 fully saturated rings. The minimum atomic E-state index is -0.290. The number of amides is 1. The quantitative estimate of drug-likeness (QED) is 0.847. The summed E-state index contributed by atoms with van der Waals surface area (Å²) in [6, 6.07) is 5.46. The van der Waals surface area contributed by atoms with Crippen molar-refractivity contribution in [2.75, 3.05) is 40.4 Å². The Kier molecular flexibility index (Phi) is 5.68. The molecule has 0 N–H and O–H groups in total. The highest BCUT2D eigenvalue weighted by Gasteiger charge is 2.17. The predicted molar refractivity (Wildman–Crippen MR) is 77.8 cm³/mol. The van der Waals surface area contributed by atoms with Crippen LogP contribution in [0, 0.1) is 0 Å². The maximum atomic E-state index is 12.0. The summed E-state index contributed by atoms with van der Waals surface area (Å²) in [7, 11) is 3.16. The first-order valence-corrected chi connectivity index (χ1v) is 7.00. The second-order valence-electron chi connectivity index (χ2n) is 4.76. The second kappa shape index (κ2) is 7.73. The fraction of sp³-hybridized carbons (Fsp3) is 0.533. The van der Waals surface area contributed by atoms with Gasteiger partial charge in [0.15, 0.2) is 11.5 Å². The van der Waals surface area contributed by atoms with Gasteiger partial charge in [0.05, 0.1) is 14.2 Å². The van der Waals surface area contributed by atoms with Crippen LogP contribution in [0.3, 0.4) is 0 Å². The van der Waals surface area contributed by atoms with Gasteiger partial charge in [-0.2, -0.15) is 0 Å². The zero-order valence-electron chi connectivity index (χ0n) is 12.5. The SMILES string of the molecule is COc1ccc(COC(=O)N2CCC[N]CC2)cc1OC. The number of carbonyl (C=O) groups excluding carboxylic acids is 1. The Balaban J connectivity index is 1.91. The maximum absolute atomic E-state index is 12.0. The first-order valence-electron chi connectivity index (χ1n) is 7.00.